The first-order chi connectivity index (χ1) is 12.6. The lowest BCUT2D eigenvalue weighted by Gasteiger charge is -2.23. The minimum atomic E-state index is -1.28. The number of amides is 3. The van der Waals surface area contributed by atoms with Gasteiger partial charge in [0.15, 0.2) is 0 Å². The quantitative estimate of drug-likeness (QED) is 0.330. The Hall–Kier alpha value is -0.900. The van der Waals surface area contributed by atoms with Gasteiger partial charge in [0.1, 0.15) is 0 Å². The van der Waals surface area contributed by atoms with Gasteiger partial charge >= 0.3 is 6.09 Å². The second kappa shape index (κ2) is 10.6. The molecule has 0 saturated carbocycles. The topological polar surface area (TPSA) is 90.0 Å². The van der Waals surface area contributed by atoms with Gasteiger partial charge in [-0.2, -0.15) is 0 Å². The Bertz CT molecular complexity index is 756. The van der Waals surface area contributed by atoms with E-state index in [-0.39, 0.29) is 28.6 Å². The predicted octanol–water partition coefficient (Wildman–Crippen LogP) is 4.11. The van der Waals surface area contributed by atoms with E-state index in [0.29, 0.717) is 23.8 Å². The van der Waals surface area contributed by atoms with Gasteiger partial charge in [-0.1, -0.05) is 12.2 Å². The van der Waals surface area contributed by atoms with Gasteiger partial charge < -0.3 is 14.9 Å². The van der Waals surface area contributed by atoms with Crippen LogP contribution in [0.15, 0.2) is 25.3 Å². The molecule has 1 aromatic carbocycles. The smallest absolute Gasteiger partial charge is 0.409 e. The lowest BCUT2D eigenvalue weighted by Crippen LogP contribution is -2.32. The maximum atomic E-state index is 12.9. The number of carbonyl (C=O) groups is 3. The minimum absolute atomic E-state index is 0.217. The molecule has 7 nitrogen and oxygen atoms in total. The number of anilines is 1. The van der Waals surface area contributed by atoms with E-state index in [4.69, 9.17) is 0 Å². The Labute approximate surface area is 198 Å². The summed E-state index contributed by atoms with van der Waals surface area (Å²) in [5.41, 5.74) is 0.773. The van der Waals surface area contributed by atoms with E-state index < -0.39 is 6.09 Å². The van der Waals surface area contributed by atoms with Crippen LogP contribution < -0.4 is 5.32 Å². The van der Waals surface area contributed by atoms with E-state index in [0.717, 1.165) is 0 Å². The number of benzene rings is 1. The highest BCUT2D eigenvalue weighted by molar-refractivity contribution is 14.1. The molecule has 0 radical (unpaired) electrons. The molecule has 146 valence electrons. The maximum absolute atomic E-state index is 12.9. The third-order valence-corrected chi connectivity index (χ3v) is 6.71. The van der Waals surface area contributed by atoms with Crippen molar-refractivity contribution in [2.24, 2.45) is 0 Å². The highest BCUT2D eigenvalue weighted by atomic mass is 127. The number of hydrogen-bond acceptors (Lipinski definition) is 3. The number of halogens is 3. The zero-order valence-electron chi connectivity index (χ0n) is 14.7. The van der Waals surface area contributed by atoms with Gasteiger partial charge in [0.25, 0.3) is 11.8 Å². The molecule has 3 amide bonds. The molecule has 10 heteroatoms. The number of nitrogens with one attached hydrogen (secondary N) is 1. The molecule has 1 rings (SSSR count). The molecule has 0 heterocycles. The van der Waals surface area contributed by atoms with Crippen LogP contribution in [0.1, 0.15) is 20.7 Å². The van der Waals surface area contributed by atoms with Crippen molar-refractivity contribution in [3.05, 3.63) is 47.1 Å². The van der Waals surface area contributed by atoms with Gasteiger partial charge in [0.2, 0.25) is 0 Å². The second-order valence-corrected chi connectivity index (χ2v) is 8.68. The molecule has 0 aromatic heterocycles. The molecule has 0 unspecified atom stereocenters. The Morgan fingerprint density at radius 3 is 1.59 bits per heavy atom. The van der Waals surface area contributed by atoms with Crippen LogP contribution in [0.3, 0.4) is 0 Å². The Morgan fingerprint density at radius 2 is 1.30 bits per heavy atom. The van der Waals surface area contributed by atoms with Gasteiger partial charge in [-0.3, -0.25) is 14.9 Å². The monoisotopic (exact) mass is 709 g/mol. The Kier molecular flexibility index (Phi) is 9.47. The van der Waals surface area contributed by atoms with E-state index in [2.05, 4.69) is 18.5 Å². The first kappa shape index (κ1) is 24.1. The van der Waals surface area contributed by atoms with Crippen LogP contribution in [0.5, 0.6) is 0 Å². The molecular weight excluding hydrogens is 691 g/mol. The average Bonchev–Trinajstić information content (AvgIpc) is 2.58. The van der Waals surface area contributed by atoms with E-state index >= 15 is 0 Å². The summed E-state index contributed by atoms with van der Waals surface area (Å²) in [7, 11) is 3.23. The van der Waals surface area contributed by atoms with Crippen LogP contribution >= 0.6 is 67.8 Å². The van der Waals surface area contributed by atoms with Crippen LogP contribution in [0.25, 0.3) is 0 Å². The van der Waals surface area contributed by atoms with E-state index in [1.807, 2.05) is 67.8 Å². The average molecular weight is 709 g/mol. The standard InChI is InChI=1S/C17H18I3N3O4/c1-5-7-22(3)15(24)9-11(18)10(16(25)23(4)8-6-2)13(20)14(12(9)19)21-17(26)27/h5-6,21H,1-2,7-8H2,3-4H3,(H,26,27). The lowest BCUT2D eigenvalue weighted by molar-refractivity contribution is 0.0805. The molecule has 0 spiro atoms. The van der Waals surface area contributed by atoms with Gasteiger partial charge in [-0.25, -0.2) is 4.79 Å². The molecule has 27 heavy (non-hydrogen) atoms. The molecule has 2 N–H and O–H groups in total. The molecular formula is C17H18I3N3O4. The third-order valence-electron chi connectivity index (χ3n) is 3.48. The van der Waals surface area contributed by atoms with Crippen molar-refractivity contribution in [2.75, 3.05) is 32.5 Å². The fourth-order valence-corrected chi connectivity index (χ4v) is 6.55. The zero-order chi connectivity index (χ0) is 20.9. The number of carboxylic acid groups (broad SMARTS) is 1. The van der Waals surface area contributed by atoms with Crippen LogP contribution in [0, 0.1) is 10.7 Å². The number of nitrogens with zero attached hydrogens (tertiary/aromatic N) is 2. The van der Waals surface area contributed by atoms with Crippen molar-refractivity contribution in [1.29, 1.82) is 0 Å². The van der Waals surface area contributed by atoms with Crippen LogP contribution in [-0.2, 0) is 0 Å². The van der Waals surface area contributed by atoms with Gasteiger partial charge in [-0.05, 0) is 67.8 Å². The summed E-state index contributed by atoms with van der Waals surface area (Å²) in [6.45, 7) is 7.88. The second-order valence-electron chi connectivity index (χ2n) is 5.45. The summed E-state index contributed by atoms with van der Waals surface area (Å²) in [6, 6.07) is 0. The van der Waals surface area contributed by atoms with Crippen LogP contribution in [0.2, 0.25) is 0 Å². The van der Waals surface area contributed by atoms with Crippen molar-refractivity contribution < 1.29 is 19.5 Å². The summed E-state index contributed by atoms with van der Waals surface area (Å²) < 4.78 is 1.35. The summed E-state index contributed by atoms with van der Waals surface area (Å²) in [5.74, 6) is -0.650. The molecule has 1 aromatic rings. The van der Waals surface area contributed by atoms with Crippen LogP contribution in [-0.4, -0.2) is 60.0 Å². The summed E-state index contributed by atoms with van der Waals surface area (Å²) in [4.78, 5) is 40.0. The molecule has 0 fully saturated rings. The maximum Gasteiger partial charge on any atom is 0.409 e. The molecule has 0 aliphatic rings. The number of rotatable bonds is 7. The first-order valence-corrected chi connectivity index (χ1v) is 10.7. The largest absolute Gasteiger partial charge is 0.465 e. The van der Waals surface area contributed by atoms with Gasteiger partial charge in [0.05, 0.1) is 24.0 Å². The highest BCUT2D eigenvalue weighted by Gasteiger charge is 2.30. The first-order valence-electron chi connectivity index (χ1n) is 7.51. The number of hydrogen-bond donors (Lipinski definition) is 2. The lowest BCUT2D eigenvalue weighted by atomic mass is 10.1. The van der Waals surface area contributed by atoms with Gasteiger partial charge in [-0.15, -0.1) is 13.2 Å². The van der Waals surface area contributed by atoms with Crippen molar-refractivity contribution in [1.82, 2.24) is 9.80 Å². The van der Waals surface area contributed by atoms with Crippen molar-refractivity contribution in [3.63, 3.8) is 0 Å². The fourth-order valence-electron chi connectivity index (χ4n) is 2.19. The normalized spacial score (nSPS) is 10.1. The fraction of sp³-hybridized carbons (Fsp3) is 0.235. The van der Waals surface area contributed by atoms with Crippen molar-refractivity contribution >= 4 is 91.4 Å². The summed E-state index contributed by atoms with van der Waals surface area (Å²) >= 11 is 5.82. The third kappa shape index (κ3) is 5.56. The Morgan fingerprint density at radius 1 is 0.926 bits per heavy atom. The van der Waals surface area contributed by atoms with Crippen molar-refractivity contribution in [2.45, 2.75) is 0 Å². The molecule has 0 saturated heterocycles. The SMILES string of the molecule is C=CCN(C)C(=O)c1c(I)c(NC(=O)O)c(I)c(C(=O)N(C)CC=C)c1I. The molecule has 0 bridgehead atoms. The predicted molar refractivity (Wildman–Crippen MR) is 131 cm³/mol. The van der Waals surface area contributed by atoms with E-state index in [1.54, 1.807) is 26.2 Å². The Balaban J connectivity index is 3.77. The zero-order valence-corrected chi connectivity index (χ0v) is 21.2. The van der Waals surface area contributed by atoms with E-state index in [1.165, 1.54) is 9.80 Å². The molecule has 0 atom stereocenters. The van der Waals surface area contributed by atoms with Crippen molar-refractivity contribution in [3.8, 4) is 0 Å². The van der Waals surface area contributed by atoms with Gasteiger partial charge in [0, 0.05) is 30.8 Å². The number of carbonyl (C=O) groups excluding carboxylic acids is 2. The molecule has 0 aliphatic heterocycles. The summed E-state index contributed by atoms with van der Waals surface area (Å²) in [5, 5.41) is 11.5. The minimum Gasteiger partial charge on any atom is -0.465 e. The highest BCUT2D eigenvalue weighted by Crippen LogP contribution is 2.36. The summed E-state index contributed by atoms with van der Waals surface area (Å²) in [6.07, 6.45) is 1.90. The number of likely N-dealkylation sites (N-methyl/N-ethyl adjacent to an activating group) is 2. The van der Waals surface area contributed by atoms with Crippen LogP contribution in [0.4, 0.5) is 10.5 Å². The molecule has 0 aliphatic carbocycles. The van der Waals surface area contributed by atoms with E-state index in [9.17, 15) is 19.5 Å².